The van der Waals surface area contributed by atoms with E-state index in [-0.39, 0.29) is 11.5 Å². The summed E-state index contributed by atoms with van der Waals surface area (Å²) in [6.45, 7) is 2.10. The highest BCUT2D eigenvalue weighted by atomic mass is 19.4. The van der Waals surface area contributed by atoms with Crippen LogP contribution < -0.4 is 11.3 Å². The first-order valence-corrected chi connectivity index (χ1v) is 7.16. The van der Waals surface area contributed by atoms with Crippen molar-refractivity contribution in [1.82, 2.24) is 5.43 Å². The molecule has 1 aliphatic rings. The third-order valence-corrected chi connectivity index (χ3v) is 4.30. The molecule has 1 fully saturated rings. The summed E-state index contributed by atoms with van der Waals surface area (Å²) in [7, 11) is 0. The van der Waals surface area contributed by atoms with Gasteiger partial charge in [-0.25, -0.2) is 4.39 Å². The Balaban J connectivity index is 2.34. The molecule has 1 aliphatic carbocycles. The number of benzene rings is 1. The van der Waals surface area contributed by atoms with Crippen molar-refractivity contribution in [3.05, 3.63) is 35.1 Å². The Morgan fingerprint density at radius 3 is 2.57 bits per heavy atom. The van der Waals surface area contributed by atoms with E-state index in [1.165, 1.54) is 12.1 Å². The number of hydrazine groups is 1. The van der Waals surface area contributed by atoms with Gasteiger partial charge in [0.2, 0.25) is 0 Å². The Morgan fingerprint density at radius 1 is 1.29 bits per heavy atom. The second-order valence-corrected chi connectivity index (χ2v) is 5.88. The Hall–Kier alpha value is -1.14. The van der Waals surface area contributed by atoms with Crippen LogP contribution in [0.3, 0.4) is 0 Å². The summed E-state index contributed by atoms with van der Waals surface area (Å²) in [5.41, 5.74) is 1.29. The molecular weight excluding hydrogens is 284 g/mol. The minimum absolute atomic E-state index is 0.00595. The van der Waals surface area contributed by atoms with Gasteiger partial charge in [0.1, 0.15) is 5.82 Å². The third kappa shape index (κ3) is 3.55. The van der Waals surface area contributed by atoms with Crippen LogP contribution >= 0.6 is 0 Å². The largest absolute Gasteiger partial charge is 0.419 e. The molecule has 3 atom stereocenters. The fraction of sp³-hybridized carbons (Fsp3) is 0.600. The van der Waals surface area contributed by atoms with Gasteiger partial charge in [-0.05, 0) is 30.7 Å². The molecule has 0 amide bonds. The van der Waals surface area contributed by atoms with Gasteiger partial charge < -0.3 is 0 Å². The molecule has 118 valence electrons. The molecule has 2 rings (SSSR count). The maximum atomic E-state index is 14.2. The van der Waals surface area contributed by atoms with E-state index < -0.39 is 23.6 Å². The number of hydrogen-bond acceptors (Lipinski definition) is 2. The highest BCUT2D eigenvalue weighted by Gasteiger charge is 2.37. The lowest BCUT2D eigenvalue weighted by molar-refractivity contribution is -0.140. The van der Waals surface area contributed by atoms with Crippen molar-refractivity contribution in [2.24, 2.45) is 17.7 Å². The maximum absolute atomic E-state index is 14.2. The molecule has 3 unspecified atom stereocenters. The Bertz CT molecular complexity index is 487. The van der Waals surface area contributed by atoms with Crippen LogP contribution in [0.2, 0.25) is 0 Å². The third-order valence-electron chi connectivity index (χ3n) is 4.30. The van der Waals surface area contributed by atoms with Gasteiger partial charge >= 0.3 is 6.18 Å². The molecule has 6 heteroatoms. The van der Waals surface area contributed by atoms with Gasteiger partial charge in [0, 0.05) is 5.56 Å². The highest BCUT2D eigenvalue weighted by Crippen LogP contribution is 2.40. The minimum Gasteiger partial charge on any atom is -0.271 e. The van der Waals surface area contributed by atoms with Crippen molar-refractivity contribution in [3.63, 3.8) is 0 Å². The quantitative estimate of drug-likeness (QED) is 0.499. The van der Waals surface area contributed by atoms with Gasteiger partial charge in [0.05, 0.1) is 11.6 Å². The van der Waals surface area contributed by atoms with E-state index >= 15 is 0 Å². The molecule has 1 aromatic carbocycles. The van der Waals surface area contributed by atoms with Crippen molar-refractivity contribution < 1.29 is 17.6 Å². The van der Waals surface area contributed by atoms with Crippen LogP contribution in [0.1, 0.15) is 49.8 Å². The van der Waals surface area contributed by atoms with E-state index in [2.05, 4.69) is 12.3 Å². The summed E-state index contributed by atoms with van der Waals surface area (Å²) < 4.78 is 52.7. The minimum atomic E-state index is -4.70. The number of alkyl halides is 3. The molecule has 0 saturated heterocycles. The molecule has 21 heavy (non-hydrogen) atoms. The first-order chi connectivity index (χ1) is 9.84. The van der Waals surface area contributed by atoms with Crippen molar-refractivity contribution in [3.8, 4) is 0 Å². The summed E-state index contributed by atoms with van der Waals surface area (Å²) in [6.07, 6.45) is -0.929. The normalized spacial score (nSPS) is 24.9. The molecule has 2 nitrogen and oxygen atoms in total. The fourth-order valence-electron chi connectivity index (χ4n) is 3.27. The smallest absolute Gasteiger partial charge is 0.271 e. The van der Waals surface area contributed by atoms with Crippen LogP contribution in [-0.4, -0.2) is 0 Å². The first kappa shape index (κ1) is 16.2. The maximum Gasteiger partial charge on any atom is 0.419 e. The van der Waals surface area contributed by atoms with Crippen LogP contribution in [0.25, 0.3) is 0 Å². The Labute approximate surface area is 121 Å². The predicted octanol–water partition coefficient (Wildman–Crippen LogP) is 4.18. The summed E-state index contributed by atoms with van der Waals surface area (Å²) in [5, 5.41) is 0. The number of nitrogens with two attached hydrogens (primary N) is 1. The standard InChI is InChI=1S/C15H20F4N2/c1-9-4-2-5-10(8-9)14(21-20)11-6-3-7-12(13(11)16)15(17,18)19/h3,6-7,9-10,14,21H,2,4-5,8,20H2,1H3. The van der Waals surface area contributed by atoms with E-state index in [1.807, 2.05) is 0 Å². The zero-order chi connectivity index (χ0) is 15.6. The van der Waals surface area contributed by atoms with Gasteiger partial charge in [-0.2, -0.15) is 13.2 Å². The van der Waals surface area contributed by atoms with E-state index in [0.29, 0.717) is 5.92 Å². The van der Waals surface area contributed by atoms with E-state index in [4.69, 9.17) is 5.84 Å². The lowest BCUT2D eigenvalue weighted by Gasteiger charge is -2.33. The summed E-state index contributed by atoms with van der Waals surface area (Å²) in [6, 6.07) is 2.79. The monoisotopic (exact) mass is 304 g/mol. The Morgan fingerprint density at radius 2 is 2.00 bits per heavy atom. The fourth-order valence-corrected chi connectivity index (χ4v) is 3.27. The van der Waals surface area contributed by atoms with E-state index in [1.54, 1.807) is 0 Å². The van der Waals surface area contributed by atoms with Gasteiger partial charge in [0.25, 0.3) is 0 Å². The predicted molar refractivity (Wildman–Crippen MR) is 72.6 cm³/mol. The topological polar surface area (TPSA) is 38.0 Å². The van der Waals surface area contributed by atoms with Crippen molar-refractivity contribution in [2.75, 3.05) is 0 Å². The molecule has 3 N–H and O–H groups in total. The van der Waals surface area contributed by atoms with Crippen LogP contribution in [0.4, 0.5) is 17.6 Å². The average Bonchev–Trinajstić information content (AvgIpc) is 2.40. The second kappa shape index (κ2) is 6.32. The van der Waals surface area contributed by atoms with Gasteiger partial charge in [-0.15, -0.1) is 0 Å². The molecule has 1 aromatic rings. The van der Waals surface area contributed by atoms with Crippen molar-refractivity contribution in [1.29, 1.82) is 0 Å². The first-order valence-electron chi connectivity index (χ1n) is 7.16. The molecule has 0 bridgehead atoms. The van der Waals surface area contributed by atoms with Crippen LogP contribution in [-0.2, 0) is 6.18 Å². The molecule has 0 spiro atoms. The number of hydrogen-bond donors (Lipinski definition) is 2. The molecule has 0 aromatic heterocycles. The van der Waals surface area contributed by atoms with E-state index in [0.717, 1.165) is 31.7 Å². The summed E-state index contributed by atoms with van der Waals surface area (Å²) in [5.74, 6) is 4.83. The van der Waals surface area contributed by atoms with Crippen molar-refractivity contribution >= 4 is 0 Å². The van der Waals surface area contributed by atoms with Gasteiger partial charge in [-0.3, -0.25) is 11.3 Å². The highest BCUT2D eigenvalue weighted by molar-refractivity contribution is 5.31. The van der Waals surface area contributed by atoms with Crippen molar-refractivity contribution in [2.45, 2.75) is 44.8 Å². The molecule has 1 saturated carbocycles. The molecule has 0 heterocycles. The van der Waals surface area contributed by atoms with Gasteiger partial charge in [0.15, 0.2) is 0 Å². The number of halogens is 4. The lowest BCUT2D eigenvalue weighted by Crippen LogP contribution is -2.36. The zero-order valence-corrected chi connectivity index (χ0v) is 11.9. The molecular formula is C15H20F4N2. The average molecular weight is 304 g/mol. The zero-order valence-electron chi connectivity index (χ0n) is 11.9. The summed E-state index contributed by atoms with van der Waals surface area (Å²) in [4.78, 5) is 0. The SMILES string of the molecule is CC1CCCC(C(NN)c2cccc(C(F)(F)F)c2F)C1. The van der Waals surface area contributed by atoms with Gasteiger partial charge in [-0.1, -0.05) is 31.9 Å². The number of rotatable bonds is 3. The van der Waals surface area contributed by atoms with E-state index in [9.17, 15) is 17.6 Å². The lowest BCUT2D eigenvalue weighted by atomic mass is 9.76. The molecule has 0 radical (unpaired) electrons. The van der Waals surface area contributed by atoms with Crippen LogP contribution in [0, 0.1) is 17.7 Å². The van der Waals surface area contributed by atoms with Crippen LogP contribution in [0.15, 0.2) is 18.2 Å². The van der Waals surface area contributed by atoms with Crippen LogP contribution in [0.5, 0.6) is 0 Å². The second-order valence-electron chi connectivity index (χ2n) is 5.88. The molecule has 0 aliphatic heterocycles. The summed E-state index contributed by atoms with van der Waals surface area (Å²) >= 11 is 0. The Kier molecular flexibility index (Phi) is 4.88. The number of nitrogens with one attached hydrogen (secondary N) is 1.